The molecular formula is C20H26ClN3O3S. The lowest BCUT2D eigenvalue weighted by Crippen LogP contribution is -2.40. The zero-order valence-electron chi connectivity index (χ0n) is 15.9. The van der Waals surface area contributed by atoms with Crippen molar-refractivity contribution in [3.8, 4) is 0 Å². The van der Waals surface area contributed by atoms with Crippen molar-refractivity contribution >= 4 is 39.7 Å². The predicted molar refractivity (Wildman–Crippen MR) is 114 cm³/mol. The van der Waals surface area contributed by atoms with Crippen LogP contribution in [0.2, 0.25) is 0 Å². The van der Waals surface area contributed by atoms with Crippen LogP contribution in [0.25, 0.3) is 0 Å². The van der Waals surface area contributed by atoms with Gasteiger partial charge in [0.1, 0.15) is 0 Å². The highest BCUT2D eigenvalue weighted by Gasteiger charge is 2.25. The molecule has 1 fully saturated rings. The molecule has 2 aromatic rings. The minimum absolute atomic E-state index is 0. The summed E-state index contributed by atoms with van der Waals surface area (Å²) in [5.74, 6) is -0.0592. The fourth-order valence-corrected chi connectivity index (χ4v) is 4.37. The molecule has 0 saturated carbocycles. The van der Waals surface area contributed by atoms with E-state index in [1.165, 1.54) is 0 Å². The Bertz CT molecular complexity index is 920. The quantitative estimate of drug-likeness (QED) is 0.686. The van der Waals surface area contributed by atoms with Crippen molar-refractivity contribution in [3.05, 3.63) is 54.1 Å². The van der Waals surface area contributed by atoms with E-state index >= 15 is 0 Å². The normalized spacial score (nSPS) is 19.4. The SMILES string of the molecule is Cc1ccc(NC(=O)[C@H]2CCN[C@@H](C)C2)cc1NS(=O)(=O)c1ccccc1.Cl. The maximum atomic E-state index is 12.6. The molecule has 8 heteroatoms. The highest BCUT2D eigenvalue weighted by Crippen LogP contribution is 2.25. The van der Waals surface area contributed by atoms with Crippen molar-refractivity contribution in [2.45, 2.75) is 37.6 Å². The molecule has 3 N–H and O–H groups in total. The molecule has 2 atom stereocenters. The van der Waals surface area contributed by atoms with E-state index in [2.05, 4.69) is 22.3 Å². The Hall–Kier alpha value is -2.09. The fraction of sp³-hybridized carbons (Fsp3) is 0.350. The summed E-state index contributed by atoms with van der Waals surface area (Å²) in [4.78, 5) is 12.7. The highest BCUT2D eigenvalue weighted by molar-refractivity contribution is 7.92. The number of rotatable bonds is 5. The topological polar surface area (TPSA) is 87.3 Å². The van der Waals surface area contributed by atoms with Crippen LogP contribution in [0, 0.1) is 12.8 Å². The van der Waals surface area contributed by atoms with Gasteiger partial charge in [-0.3, -0.25) is 9.52 Å². The number of piperidine rings is 1. The van der Waals surface area contributed by atoms with Crippen LogP contribution >= 0.6 is 12.4 Å². The molecule has 3 rings (SSSR count). The molecule has 0 unspecified atom stereocenters. The molecule has 152 valence electrons. The number of carbonyl (C=O) groups excluding carboxylic acids is 1. The lowest BCUT2D eigenvalue weighted by Gasteiger charge is -2.27. The van der Waals surface area contributed by atoms with Gasteiger partial charge in [0.15, 0.2) is 0 Å². The second kappa shape index (κ2) is 9.41. The van der Waals surface area contributed by atoms with Gasteiger partial charge in [0.2, 0.25) is 5.91 Å². The Labute approximate surface area is 172 Å². The summed E-state index contributed by atoms with van der Waals surface area (Å²) >= 11 is 0. The van der Waals surface area contributed by atoms with E-state index in [-0.39, 0.29) is 29.1 Å². The van der Waals surface area contributed by atoms with E-state index in [0.29, 0.717) is 17.4 Å². The maximum absolute atomic E-state index is 12.6. The molecule has 2 aromatic carbocycles. The van der Waals surface area contributed by atoms with Crippen LogP contribution in [0.4, 0.5) is 11.4 Å². The van der Waals surface area contributed by atoms with Gasteiger partial charge in [0.05, 0.1) is 10.6 Å². The first-order valence-corrected chi connectivity index (χ1v) is 10.6. The Kier molecular flexibility index (Phi) is 7.46. The van der Waals surface area contributed by atoms with Crippen molar-refractivity contribution in [1.82, 2.24) is 5.32 Å². The third-order valence-electron chi connectivity index (χ3n) is 4.80. The van der Waals surface area contributed by atoms with Gasteiger partial charge in [-0.25, -0.2) is 8.42 Å². The third-order valence-corrected chi connectivity index (χ3v) is 6.18. The van der Waals surface area contributed by atoms with E-state index in [9.17, 15) is 13.2 Å². The summed E-state index contributed by atoms with van der Waals surface area (Å²) in [6.07, 6.45) is 1.60. The van der Waals surface area contributed by atoms with Gasteiger partial charge in [-0.1, -0.05) is 24.3 Å². The predicted octanol–water partition coefficient (Wildman–Crippen LogP) is 3.54. The number of nitrogens with one attached hydrogen (secondary N) is 3. The summed E-state index contributed by atoms with van der Waals surface area (Å²) in [6, 6.07) is 13.8. The molecule has 1 heterocycles. The standard InChI is InChI=1S/C20H25N3O3S.ClH/c1-14-8-9-17(22-20(24)16-10-11-21-15(2)12-16)13-19(14)23-27(25,26)18-6-4-3-5-7-18;/h3-9,13,15-16,21,23H,10-12H2,1-2H3,(H,22,24);1H/t15-,16-;/m0./s1. The summed E-state index contributed by atoms with van der Waals surface area (Å²) in [5, 5.41) is 6.26. The molecule has 0 spiro atoms. The molecule has 0 radical (unpaired) electrons. The molecule has 0 aromatic heterocycles. The molecule has 1 aliphatic rings. The molecule has 0 bridgehead atoms. The Balaban J connectivity index is 0.00000280. The minimum atomic E-state index is -3.68. The first-order valence-electron chi connectivity index (χ1n) is 9.08. The summed E-state index contributed by atoms with van der Waals surface area (Å²) in [7, 11) is -3.68. The molecule has 28 heavy (non-hydrogen) atoms. The molecule has 1 saturated heterocycles. The Morgan fingerprint density at radius 1 is 1.14 bits per heavy atom. The van der Waals surface area contributed by atoms with Crippen molar-refractivity contribution in [2.24, 2.45) is 5.92 Å². The molecule has 0 aliphatic carbocycles. The summed E-state index contributed by atoms with van der Waals surface area (Å²) < 4.78 is 27.7. The number of benzene rings is 2. The van der Waals surface area contributed by atoms with Gasteiger partial charge in [-0.05, 0) is 63.1 Å². The van der Waals surface area contributed by atoms with Gasteiger partial charge in [-0.15, -0.1) is 12.4 Å². The van der Waals surface area contributed by atoms with E-state index in [1.807, 2.05) is 6.92 Å². The zero-order chi connectivity index (χ0) is 19.4. The first kappa shape index (κ1) is 22.2. The molecular weight excluding hydrogens is 398 g/mol. The van der Waals surface area contributed by atoms with Crippen molar-refractivity contribution in [2.75, 3.05) is 16.6 Å². The van der Waals surface area contributed by atoms with Crippen LogP contribution in [0.5, 0.6) is 0 Å². The Morgan fingerprint density at radius 2 is 1.86 bits per heavy atom. The van der Waals surface area contributed by atoms with Crippen LogP contribution in [-0.4, -0.2) is 26.9 Å². The second-order valence-corrected chi connectivity index (χ2v) is 8.70. The van der Waals surface area contributed by atoms with E-state index < -0.39 is 10.0 Å². The number of hydrogen-bond acceptors (Lipinski definition) is 4. The van der Waals surface area contributed by atoms with Crippen LogP contribution in [-0.2, 0) is 14.8 Å². The average Bonchev–Trinajstić information content (AvgIpc) is 2.65. The van der Waals surface area contributed by atoms with Crippen molar-refractivity contribution in [3.63, 3.8) is 0 Å². The number of aryl methyl sites for hydroxylation is 1. The van der Waals surface area contributed by atoms with Gasteiger partial charge < -0.3 is 10.6 Å². The summed E-state index contributed by atoms with van der Waals surface area (Å²) in [6.45, 7) is 4.72. The number of hydrogen-bond donors (Lipinski definition) is 3. The second-order valence-electron chi connectivity index (χ2n) is 7.01. The van der Waals surface area contributed by atoms with E-state index in [4.69, 9.17) is 0 Å². The number of carbonyl (C=O) groups is 1. The van der Waals surface area contributed by atoms with Gasteiger partial charge in [0, 0.05) is 17.6 Å². The Morgan fingerprint density at radius 3 is 2.54 bits per heavy atom. The van der Waals surface area contributed by atoms with E-state index in [0.717, 1.165) is 24.9 Å². The first-order chi connectivity index (χ1) is 12.8. The van der Waals surface area contributed by atoms with Gasteiger partial charge in [0.25, 0.3) is 10.0 Å². The average molecular weight is 424 g/mol. The minimum Gasteiger partial charge on any atom is -0.326 e. The number of amides is 1. The highest BCUT2D eigenvalue weighted by atomic mass is 35.5. The summed E-state index contributed by atoms with van der Waals surface area (Å²) in [5.41, 5.74) is 1.82. The van der Waals surface area contributed by atoms with Crippen LogP contribution in [0.3, 0.4) is 0 Å². The number of halogens is 1. The lowest BCUT2D eigenvalue weighted by molar-refractivity contribution is -0.120. The van der Waals surface area contributed by atoms with Crippen LogP contribution in [0.1, 0.15) is 25.3 Å². The van der Waals surface area contributed by atoms with Gasteiger partial charge in [-0.2, -0.15) is 0 Å². The fourth-order valence-electron chi connectivity index (χ4n) is 3.23. The monoisotopic (exact) mass is 423 g/mol. The van der Waals surface area contributed by atoms with Crippen LogP contribution in [0.15, 0.2) is 53.4 Å². The van der Waals surface area contributed by atoms with E-state index in [1.54, 1.807) is 48.5 Å². The van der Waals surface area contributed by atoms with Gasteiger partial charge >= 0.3 is 0 Å². The number of sulfonamides is 1. The largest absolute Gasteiger partial charge is 0.326 e. The third kappa shape index (κ3) is 5.47. The smallest absolute Gasteiger partial charge is 0.261 e. The maximum Gasteiger partial charge on any atom is 0.261 e. The van der Waals surface area contributed by atoms with Crippen LogP contribution < -0.4 is 15.4 Å². The van der Waals surface area contributed by atoms with Crippen molar-refractivity contribution in [1.29, 1.82) is 0 Å². The van der Waals surface area contributed by atoms with Crippen molar-refractivity contribution < 1.29 is 13.2 Å². The lowest BCUT2D eigenvalue weighted by atomic mass is 9.92. The number of anilines is 2. The zero-order valence-corrected chi connectivity index (χ0v) is 17.6. The molecule has 1 aliphatic heterocycles. The molecule has 6 nitrogen and oxygen atoms in total. The molecule has 1 amide bonds.